The molecule has 8 heteroatoms. The molecule has 0 aliphatic heterocycles. The molecule has 4 rings (SSSR count). The topological polar surface area (TPSA) is 109 Å². The Bertz CT molecular complexity index is 808. The van der Waals surface area contributed by atoms with Crippen LogP contribution in [0.3, 0.4) is 0 Å². The molecule has 108 valence electrons. The van der Waals surface area contributed by atoms with Crippen molar-refractivity contribution in [1.82, 2.24) is 40.8 Å². The average molecular weight is 292 g/mol. The summed E-state index contributed by atoms with van der Waals surface area (Å²) < 4.78 is 0. The molecule has 3 heterocycles. The normalized spacial score (nSPS) is 11.1. The summed E-state index contributed by atoms with van der Waals surface area (Å²) in [5.41, 5.74) is 5.12. The molecule has 4 aromatic rings. The zero-order valence-corrected chi connectivity index (χ0v) is 11.6. The molecular formula is C14H12N8. The summed E-state index contributed by atoms with van der Waals surface area (Å²) in [6.07, 6.45) is 4.52. The lowest BCUT2D eigenvalue weighted by Crippen LogP contribution is -2.05. The van der Waals surface area contributed by atoms with E-state index >= 15 is 0 Å². The second-order valence-electron chi connectivity index (χ2n) is 4.88. The molecule has 0 unspecified atom stereocenters. The predicted octanol–water partition coefficient (Wildman–Crippen LogP) is 1.05. The number of para-hydroxylation sites is 2. The van der Waals surface area contributed by atoms with Gasteiger partial charge in [0.15, 0.2) is 0 Å². The molecule has 3 aromatic heterocycles. The van der Waals surface area contributed by atoms with E-state index in [4.69, 9.17) is 9.97 Å². The van der Waals surface area contributed by atoms with Gasteiger partial charge in [0.2, 0.25) is 0 Å². The van der Waals surface area contributed by atoms with E-state index in [1.807, 2.05) is 24.3 Å². The molecule has 0 atom stereocenters. The maximum Gasteiger partial charge on any atom is 0.0890 e. The summed E-state index contributed by atoms with van der Waals surface area (Å²) in [6.45, 7) is 0. The fraction of sp³-hybridized carbons (Fsp3) is 0.143. The van der Waals surface area contributed by atoms with Crippen LogP contribution in [0.15, 0.2) is 36.7 Å². The first kappa shape index (κ1) is 12.6. The second kappa shape index (κ2) is 5.32. The zero-order valence-electron chi connectivity index (χ0n) is 11.6. The van der Waals surface area contributed by atoms with Crippen LogP contribution in [-0.2, 0) is 12.8 Å². The van der Waals surface area contributed by atoms with Gasteiger partial charge in [-0.2, -0.15) is 30.8 Å². The fourth-order valence-corrected chi connectivity index (χ4v) is 2.32. The van der Waals surface area contributed by atoms with E-state index in [1.165, 1.54) is 0 Å². The van der Waals surface area contributed by atoms with Crippen LogP contribution in [0, 0.1) is 0 Å². The SMILES string of the molecule is c1ccc2nc(Cc3cn[nH]n3)c(Cc3cn[nH]n3)nc2c1. The van der Waals surface area contributed by atoms with Gasteiger partial charge in [-0.1, -0.05) is 12.1 Å². The summed E-state index contributed by atoms with van der Waals surface area (Å²) in [5.74, 6) is 0. The van der Waals surface area contributed by atoms with Crippen molar-refractivity contribution in [2.45, 2.75) is 12.8 Å². The van der Waals surface area contributed by atoms with Crippen molar-refractivity contribution in [2.24, 2.45) is 0 Å². The standard InChI is InChI=1S/C14H12N8/c1-2-4-12-11(3-1)17-13(5-9-7-15-21-19-9)14(18-12)6-10-8-16-22-20-10/h1-4,7-8H,5-6H2,(H,15,19,21)(H,16,20,22). The molecule has 22 heavy (non-hydrogen) atoms. The summed E-state index contributed by atoms with van der Waals surface area (Å²) in [5, 5.41) is 21.1. The molecule has 0 spiro atoms. The summed E-state index contributed by atoms with van der Waals surface area (Å²) in [7, 11) is 0. The van der Waals surface area contributed by atoms with Crippen molar-refractivity contribution in [3.05, 3.63) is 59.4 Å². The smallest absolute Gasteiger partial charge is 0.0890 e. The van der Waals surface area contributed by atoms with Gasteiger partial charge in [-0.05, 0) is 12.1 Å². The Kier molecular flexibility index (Phi) is 3.04. The van der Waals surface area contributed by atoms with Crippen molar-refractivity contribution < 1.29 is 0 Å². The molecule has 0 saturated heterocycles. The number of aromatic amines is 2. The number of fused-ring (bicyclic) bond motifs is 1. The van der Waals surface area contributed by atoms with E-state index in [9.17, 15) is 0 Å². The van der Waals surface area contributed by atoms with Gasteiger partial charge >= 0.3 is 0 Å². The first-order valence-electron chi connectivity index (χ1n) is 6.82. The summed E-state index contributed by atoms with van der Waals surface area (Å²) >= 11 is 0. The van der Waals surface area contributed by atoms with Gasteiger partial charge in [-0.15, -0.1) is 0 Å². The third-order valence-corrected chi connectivity index (χ3v) is 3.35. The molecule has 0 amide bonds. The Morgan fingerprint density at radius 2 is 1.23 bits per heavy atom. The minimum atomic E-state index is 0.571. The van der Waals surface area contributed by atoms with Crippen molar-refractivity contribution in [2.75, 3.05) is 0 Å². The highest BCUT2D eigenvalue weighted by molar-refractivity contribution is 5.74. The molecule has 0 saturated carbocycles. The first-order chi connectivity index (χ1) is 10.9. The Balaban J connectivity index is 1.79. The molecular weight excluding hydrogens is 280 g/mol. The molecule has 0 aliphatic rings. The number of hydrogen-bond acceptors (Lipinski definition) is 6. The molecule has 1 aromatic carbocycles. The lowest BCUT2D eigenvalue weighted by Gasteiger charge is -2.07. The minimum absolute atomic E-state index is 0.571. The zero-order chi connectivity index (χ0) is 14.8. The Morgan fingerprint density at radius 3 is 1.64 bits per heavy atom. The maximum absolute atomic E-state index is 4.73. The highest BCUT2D eigenvalue weighted by Crippen LogP contribution is 2.17. The monoisotopic (exact) mass is 292 g/mol. The van der Waals surface area contributed by atoms with Crippen LogP contribution in [0.25, 0.3) is 11.0 Å². The average Bonchev–Trinajstić information content (AvgIpc) is 3.21. The van der Waals surface area contributed by atoms with Gasteiger partial charge in [0.25, 0.3) is 0 Å². The van der Waals surface area contributed by atoms with Gasteiger partial charge in [0, 0.05) is 12.8 Å². The predicted molar refractivity (Wildman–Crippen MR) is 77.9 cm³/mol. The van der Waals surface area contributed by atoms with Crippen LogP contribution < -0.4 is 0 Å². The molecule has 0 fully saturated rings. The van der Waals surface area contributed by atoms with Crippen molar-refractivity contribution in [1.29, 1.82) is 0 Å². The Morgan fingerprint density at radius 1 is 0.727 bits per heavy atom. The highest BCUT2D eigenvalue weighted by Gasteiger charge is 2.12. The van der Waals surface area contributed by atoms with Gasteiger partial charge < -0.3 is 0 Å². The first-order valence-corrected chi connectivity index (χ1v) is 6.82. The third kappa shape index (κ3) is 2.41. The van der Waals surface area contributed by atoms with Gasteiger partial charge in [-0.3, -0.25) is 0 Å². The Labute approximate surface area is 125 Å². The minimum Gasteiger partial charge on any atom is -0.249 e. The van der Waals surface area contributed by atoms with Gasteiger partial charge in [0.05, 0.1) is 46.2 Å². The van der Waals surface area contributed by atoms with Crippen LogP contribution in [0.1, 0.15) is 22.8 Å². The molecule has 8 nitrogen and oxygen atoms in total. The number of nitrogens with zero attached hydrogens (tertiary/aromatic N) is 6. The lowest BCUT2D eigenvalue weighted by molar-refractivity contribution is 0.879. The molecule has 2 N–H and O–H groups in total. The van der Waals surface area contributed by atoms with Crippen molar-refractivity contribution >= 4 is 11.0 Å². The molecule has 0 aliphatic carbocycles. The van der Waals surface area contributed by atoms with Crippen LogP contribution in [0.5, 0.6) is 0 Å². The number of benzene rings is 1. The van der Waals surface area contributed by atoms with E-state index in [0.717, 1.165) is 33.8 Å². The van der Waals surface area contributed by atoms with Crippen molar-refractivity contribution in [3.63, 3.8) is 0 Å². The molecule has 0 bridgehead atoms. The van der Waals surface area contributed by atoms with Gasteiger partial charge in [-0.25, -0.2) is 9.97 Å². The number of H-pyrrole nitrogens is 2. The van der Waals surface area contributed by atoms with Crippen LogP contribution in [0.4, 0.5) is 0 Å². The fourth-order valence-electron chi connectivity index (χ4n) is 2.32. The highest BCUT2D eigenvalue weighted by atomic mass is 15.3. The maximum atomic E-state index is 4.73. The van der Waals surface area contributed by atoms with Crippen molar-refractivity contribution in [3.8, 4) is 0 Å². The van der Waals surface area contributed by atoms with E-state index in [2.05, 4.69) is 30.8 Å². The van der Waals surface area contributed by atoms with E-state index < -0.39 is 0 Å². The largest absolute Gasteiger partial charge is 0.249 e. The summed E-state index contributed by atoms with van der Waals surface area (Å²) in [4.78, 5) is 9.46. The quantitative estimate of drug-likeness (QED) is 0.582. The molecule has 0 radical (unpaired) electrons. The van der Waals surface area contributed by atoms with E-state index in [-0.39, 0.29) is 0 Å². The van der Waals surface area contributed by atoms with E-state index in [0.29, 0.717) is 12.8 Å². The third-order valence-electron chi connectivity index (χ3n) is 3.35. The van der Waals surface area contributed by atoms with Crippen LogP contribution >= 0.6 is 0 Å². The van der Waals surface area contributed by atoms with Gasteiger partial charge in [0.1, 0.15) is 0 Å². The number of aromatic nitrogens is 8. The number of rotatable bonds is 4. The number of nitrogens with one attached hydrogen (secondary N) is 2. The van der Waals surface area contributed by atoms with Crippen LogP contribution in [0.2, 0.25) is 0 Å². The van der Waals surface area contributed by atoms with Crippen LogP contribution in [-0.4, -0.2) is 40.8 Å². The second-order valence-corrected chi connectivity index (χ2v) is 4.88. The lowest BCUT2D eigenvalue weighted by atomic mass is 10.1. The van der Waals surface area contributed by atoms with E-state index in [1.54, 1.807) is 12.4 Å². The summed E-state index contributed by atoms with van der Waals surface area (Å²) in [6, 6.07) is 7.81. The number of hydrogen-bond donors (Lipinski definition) is 2. The Hall–Kier alpha value is -3.16.